The maximum atomic E-state index is 4.93. The quantitative estimate of drug-likeness (QED) is 0.178. The first kappa shape index (κ1) is 31.9. The van der Waals surface area contributed by atoms with Crippen molar-refractivity contribution in [2.24, 2.45) is 0 Å². The van der Waals surface area contributed by atoms with Gasteiger partial charge in [0.1, 0.15) is 5.82 Å². The Bertz CT molecular complexity index is 3000. The Labute approximate surface area is 324 Å². The molecular formula is C51H33N5. The average Bonchev–Trinajstić information content (AvgIpc) is 3.61. The zero-order chi connectivity index (χ0) is 37.0. The first-order valence-electron chi connectivity index (χ1n) is 18.9. The summed E-state index contributed by atoms with van der Waals surface area (Å²) in [6.07, 6.45) is 0. The summed E-state index contributed by atoms with van der Waals surface area (Å²) < 4.78 is 2.41. The summed E-state index contributed by atoms with van der Waals surface area (Å²) in [5.74, 6) is 3.05. The Kier molecular flexibility index (Phi) is 7.42. The van der Waals surface area contributed by atoms with Gasteiger partial charge in [-0.1, -0.05) is 158 Å². The van der Waals surface area contributed by atoms with Crippen LogP contribution in [0.3, 0.4) is 0 Å². The number of aromatic nitrogens is 4. The summed E-state index contributed by atoms with van der Waals surface area (Å²) in [6, 6.07) is 70.7. The minimum absolute atomic E-state index is 0.642. The summed E-state index contributed by atoms with van der Waals surface area (Å²) in [7, 11) is 0. The average molecular weight is 716 g/mol. The maximum Gasteiger partial charge on any atom is 0.164 e. The lowest BCUT2D eigenvalue weighted by Gasteiger charge is -2.26. The van der Waals surface area contributed by atoms with Gasteiger partial charge >= 0.3 is 0 Å². The van der Waals surface area contributed by atoms with E-state index in [1.165, 1.54) is 38.5 Å². The van der Waals surface area contributed by atoms with Crippen LogP contribution in [0.15, 0.2) is 200 Å². The molecule has 0 fully saturated rings. The van der Waals surface area contributed by atoms with Crippen LogP contribution in [0.1, 0.15) is 0 Å². The van der Waals surface area contributed by atoms with Gasteiger partial charge in [0, 0.05) is 38.9 Å². The monoisotopic (exact) mass is 715 g/mol. The summed E-state index contributed by atoms with van der Waals surface area (Å²) in [5.41, 5.74) is 12.1. The Morgan fingerprint density at radius 3 is 1.45 bits per heavy atom. The Morgan fingerprint density at radius 2 is 0.804 bits per heavy atom. The van der Waals surface area contributed by atoms with Crippen molar-refractivity contribution < 1.29 is 0 Å². The largest absolute Gasteiger partial charge is 0.295 e. The predicted octanol–water partition coefficient (Wildman–Crippen LogP) is 13.1. The van der Waals surface area contributed by atoms with Crippen LogP contribution in [0.5, 0.6) is 0 Å². The van der Waals surface area contributed by atoms with Crippen molar-refractivity contribution in [3.8, 4) is 62.1 Å². The van der Waals surface area contributed by atoms with E-state index in [1.54, 1.807) is 0 Å². The minimum Gasteiger partial charge on any atom is -0.295 e. The fraction of sp³-hybridized carbons (Fsp3) is 0. The highest BCUT2D eigenvalue weighted by atomic mass is 15.3. The standard InChI is InChI=1S/C51H33N5/c1-3-13-36(14-4-1)49-52-50(37-15-5-2-6-16-37)54-51(53-49)38-25-23-34(24-26-38)35-27-29-42(30-28-35)55-47-32-40-18-8-7-17-39(40)31-44(47)43-20-10-12-22-46(43)56-45-21-11-9-19-41(45)33-48(55)56/h1-33H. The van der Waals surface area contributed by atoms with Crippen molar-refractivity contribution in [2.75, 3.05) is 4.90 Å². The molecule has 2 aromatic heterocycles. The predicted molar refractivity (Wildman–Crippen MR) is 230 cm³/mol. The molecule has 1 aliphatic heterocycles. The third kappa shape index (κ3) is 5.37. The molecule has 5 heteroatoms. The first-order chi connectivity index (χ1) is 27.7. The van der Waals surface area contributed by atoms with Gasteiger partial charge in [-0.2, -0.15) is 0 Å². The number of fused-ring (bicyclic) bond motifs is 8. The molecule has 0 N–H and O–H groups in total. The van der Waals surface area contributed by atoms with Gasteiger partial charge in [0.25, 0.3) is 0 Å². The molecular weight excluding hydrogens is 683 g/mol. The van der Waals surface area contributed by atoms with Crippen molar-refractivity contribution in [3.05, 3.63) is 200 Å². The summed E-state index contributed by atoms with van der Waals surface area (Å²) in [5, 5.41) is 3.63. The fourth-order valence-corrected chi connectivity index (χ4v) is 8.03. The first-order valence-corrected chi connectivity index (χ1v) is 18.9. The van der Waals surface area contributed by atoms with Crippen molar-refractivity contribution in [1.82, 2.24) is 19.5 Å². The van der Waals surface area contributed by atoms with E-state index < -0.39 is 0 Å². The molecule has 262 valence electrons. The molecule has 0 bridgehead atoms. The molecule has 0 saturated carbocycles. The molecule has 0 atom stereocenters. The number of para-hydroxylation sites is 2. The van der Waals surface area contributed by atoms with Crippen LogP contribution < -0.4 is 4.90 Å². The zero-order valence-electron chi connectivity index (χ0n) is 30.3. The Morgan fingerprint density at radius 1 is 0.321 bits per heavy atom. The number of hydrogen-bond donors (Lipinski definition) is 0. The van der Waals surface area contributed by atoms with Gasteiger partial charge in [-0.05, 0) is 64.4 Å². The van der Waals surface area contributed by atoms with Gasteiger partial charge < -0.3 is 0 Å². The van der Waals surface area contributed by atoms with Crippen LogP contribution in [-0.2, 0) is 0 Å². The minimum atomic E-state index is 0.642. The SMILES string of the molecule is c1ccc(-c2nc(-c3ccccc3)nc(-c3ccc(-c4ccc(N5c6cc7ccccc7cc6-c6ccccc6-n6c5cc5ccccc56)cc4)cc3)n2)cc1. The van der Waals surface area contributed by atoms with E-state index in [0.717, 1.165) is 45.0 Å². The molecule has 0 aliphatic carbocycles. The second kappa shape index (κ2) is 13.0. The molecule has 0 unspecified atom stereocenters. The number of hydrogen-bond acceptors (Lipinski definition) is 4. The molecule has 11 rings (SSSR count). The maximum absolute atomic E-state index is 4.93. The number of rotatable bonds is 5. The molecule has 0 amide bonds. The topological polar surface area (TPSA) is 46.8 Å². The second-order valence-electron chi connectivity index (χ2n) is 14.1. The zero-order valence-corrected chi connectivity index (χ0v) is 30.3. The second-order valence-corrected chi connectivity index (χ2v) is 14.1. The summed E-state index contributed by atoms with van der Waals surface area (Å²) in [6.45, 7) is 0. The van der Waals surface area contributed by atoms with Crippen LogP contribution >= 0.6 is 0 Å². The molecule has 3 heterocycles. The van der Waals surface area contributed by atoms with Gasteiger partial charge in [-0.3, -0.25) is 9.47 Å². The van der Waals surface area contributed by atoms with Crippen LogP contribution in [0.25, 0.3) is 83.8 Å². The molecule has 56 heavy (non-hydrogen) atoms. The van der Waals surface area contributed by atoms with Crippen molar-refractivity contribution in [2.45, 2.75) is 0 Å². The van der Waals surface area contributed by atoms with E-state index in [9.17, 15) is 0 Å². The lowest BCUT2D eigenvalue weighted by atomic mass is 9.97. The van der Waals surface area contributed by atoms with Gasteiger partial charge in [0.2, 0.25) is 0 Å². The lowest BCUT2D eigenvalue weighted by molar-refractivity contribution is 1.07. The van der Waals surface area contributed by atoms with E-state index in [2.05, 4.69) is 149 Å². The van der Waals surface area contributed by atoms with Crippen molar-refractivity contribution in [1.29, 1.82) is 0 Å². The van der Waals surface area contributed by atoms with Gasteiger partial charge in [-0.15, -0.1) is 0 Å². The highest BCUT2D eigenvalue weighted by molar-refractivity contribution is 6.03. The highest BCUT2D eigenvalue weighted by Crippen LogP contribution is 2.50. The molecule has 0 spiro atoms. The van der Waals surface area contributed by atoms with E-state index >= 15 is 0 Å². The Hall–Kier alpha value is -7.63. The third-order valence-corrected chi connectivity index (χ3v) is 10.8. The molecule has 0 radical (unpaired) electrons. The van der Waals surface area contributed by atoms with Crippen molar-refractivity contribution in [3.63, 3.8) is 0 Å². The number of anilines is 3. The van der Waals surface area contributed by atoms with E-state index in [-0.39, 0.29) is 0 Å². The van der Waals surface area contributed by atoms with E-state index in [4.69, 9.17) is 15.0 Å². The Balaban J connectivity index is 1.00. The van der Waals surface area contributed by atoms with Crippen LogP contribution in [-0.4, -0.2) is 19.5 Å². The fourth-order valence-electron chi connectivity index (χ4n) is 8.03. The van der Waals surface area contributed by atoms with Crippen molar-refractivity contribution >= 4 is 38.9 Å². The van der Waals surface area contributed by atoms with Gasteiger partial charge in [-0.25, -0.2) is 15.0 Å². The highest BCUT2D eigenvalue weighted by Gasteiger charge is 2.28. The van der Waals surface area contributed by atoms with Gasteiger partial charge in [0.05, 0.1) is 16.9 Å². The third-order valence-electron chi connectivity index (χ3n) is 10.8. The smallest absolute Gasteiger partial charge is 0.164 e. The van der Waals surface area contributed by atoms with E-state index in [0.29, 0.717) is 17.5 Å². The van der Waals surface area contributed by atoms with Gasteiger partial charge in [0.15, 0.2) is 17.5 Å². The lowest BCUT2D eigenvalue weighted by Crippen LogP contribution is -2.13. The normalized spacial score (nSPS) is 11.9. The number of nitrogens with zero attached hydrogens (tertiary/aromatic N) is 5. The van der Waals surface area contributed by atoms with Crippen LogP contribution in [0.2, 0.25) is 0 Å². The number of benzene rings is 8. The molecule has 5 nitrogen and oxygen atoms in total. The summed E-state index contributed by atoms with van der Waals surface area (Å²) >= 11 is 0. The molecule has 10 aromatic rings. The van der Waals surface area contributed by atoms with Crippen LogP contribution in [0, 0.1) is 0 Å². The molecule has 8 aromatic carbocycles. The molecule has 1 aliphatic rings. The summed E-state index contributed by atoms with van der Waals surface area (Å²) in [4.78, 5) is 17.1. The van der Waals surface area contributed by atoms with Crippen LogP contribution in [0.4, 0.5) is 17.2 Å². The molecule has 0 saturated heterocycles. The van der Waals surface area contributed by atoms with E-state index in [1.807, 2.05) is 60.7 Å².